The van der Waals surface area contributed by atoms with E-state index in [2.05, 4.69) is 18.1 Å². The highest BCUT2D eigenvalue weighted by molar-refractivity contribution is 6.00. The zero-order valence-electron chi connectivity index (χ0n) is 13.1. The Morgan fingerprint density at radius 1 is 1.36 bits per heavy atom. The summed E-state index contributed by atoms with van der Waals surface area (Å²) >= 11 is 0. The third-order valence-corrected chi connectivity index (χ3v) is 4.43. The van der Waals surface area contributed by atoms with E-state index in [9.17, 15) is 4.79 Å². The number of Topliss-reactive ketones (excluding diaryl/α,β-unsaturated/α-hetero) is 1. The molecule has 1 heterocycles. The Hall–Kier alpha value is -2.29. The number of fused-ring (bicyclic) bond motifs is 1. The molecule has 0 aliphatic heterocycles. The van der Waals surface area contributed by atoms with Gasteiger partial charge in [-0.15, -0.1) is 6.58 Å². The van der Waals surface area contributed by atoms with Gasteiger partial charge in [-0.05, 0) is 56.5 Å². The van der Waals surface area contributed by atoms with Crippen LogP contribution in [0.15, 0.2) is 43.0 Å². The van der Waals surface area contributed by atoms with Gasteiger partial charge in [0.25, 0.3) is 0 Å². The fourth-order valence-electron chi connectivity index (χ4n) is 3.33. The van der Waals surface area contributed by atoms with Gasteiger partial charge in [0, 0.05) is 28.6 Å². The van der Waals surface area contributed by atoms with Crippen molar-refractivity contribution < 1.29 is 9.53 Å². The molecule has 3 rings (SSSR count). The van der Waals surface area contributed by atoms with Crippen LogP contribution in [0.2, 0.25) is 0 Å². The highest BCUT2D eigenvalue weighted by Gasteiger charge is 2.30. The Kier molecular flexibility index (Phi) is 3.88. The number of nitrogens with zero attached hydrogens (tertiary/aromatic N) is 1. The number of carbonyl (C=O) groups is 1. The number of hydrogen-bond donors (Lipinski definition) is 0. The Labute approximate surface area is 131 Å². The molecule has 3 heteroatoms. The summed E-state index contributed by atoms with van der Waals surface area (Å²) in [6.45, 7) is 5.82. The van der Waals surface area contributed by atoms with Gasteiger partial charge in [-0.25, -0.2) is 0 Å². The molecule has 0 bridgehead atoms. The standard InChI is InChI=1S/C19H21NO2/c1-4-5-14-6-11-18-17(19(14)21)12-13(2)20(18)15-7-9-16(22-3)10-8-15/h4,7-10,12,14H,1,5-6,11H2,2-3H3. The third-order valence-electron chi connectivity index (χ3n) is 4.43. The zero-order valence-corrected chi connectivity index (χ0v) is 13.1. The van der Waals surface area contributed by atoms with Crippen LogP contribution in [0.5, 0.6) is 5.75 Å². The van der Waals surface area contributed by atoms with Crippen LogP contribution in [0.1, 0.15) is 34.6 Å². The summed E-state index contributed by atoms with van der Waals surface area (Å²) in [5.41, 5.74) is 4.19. The number of allylic oxidation sites excluding steroid dienone is 1. The number of rotatable bonds is 4. The molecule has 1 aromatic carbocycles. The first-order valence-corrected chi connectivity index (χ1v) is 7.66. The van der Waals surface area contributed by atoms with E-state index in [1.54, 1.807) is 7.11 Å². The highest BCUT2D eigenvalue weighted by Crippen LogP contribution is 2.32. The summed E-state index contributed by atoms with van der Waals surface area (Å²) in [7, 11) is 1.66. The van der Waals surface area contributed by atoms with Crippen molar-refractivity contribution >= 4 is 5.78 Å². The second-order valence-electron chi connectivity index (χ2n) is 5.80. The quantitative estimate of drug-likeness (QED) is 0.795. The van der Waals surface area contributed by atoms with Crippen molar-refractivity contribution in [3.8, 4) is 11.4 Å². The molecule has 0 saturated heterocycles. The average molecular weight is 295 g/mol. The average Bonchev–Trinajstić information content (AvgIpc) is 2.87. The third kappa shape index (κ3) is 2.37. The molecule has 1 aliphatic rings. The molecule has 0 amide bonds. The van der Waals surface area contributed by atoms with Crippen LogP contribution >= 0.6 is 0 Å². The van der Waals surface area contributed by atoms with E-state index >= 15 is 0 Å². The summed E-state index contributed by atoms with van der Waals surface area (Å²) in [6.07, 6.45) is 4.45. The minimum Gasteiger partial charge on any atom is -0.497 e. The summed E-state index contributed by atoms with van der Waals surface area (Å²) in [5, 5.41) is 0. The number of ketones is 1. The molecule has 1 unspecified atom stereocenters. The van der Waals surface area contributed by atoms with Gasteiger partial charge in [0.05, 0.1) is 7.11 Å². The number of methoxy groups -OCH3 is 1. The van der Waals surface area contributed by atoms with Crippen molar-refractivity contribution in [3.63, 3.8) is 0 Å². The van der Waals surface area contributed by atoms with E-state index in [0.29, 0.717) is 0 Å². The molecular weight excluding hydrogens is 274 g/mol. The molecule has 3 nitrogen and oxygen atoms in total. The number of hydrogen-bond acceptors (Lipinski definition) is 2. The first-order chi connectivity index (χ1) is 10.7. The monoisotopic (exact) mass is 295 g/mol. The number of aryl methyl sites for hydroxylation is 1. The van der Waals surface area contributed by atoms with E-state index in [1.807, 2.05) is 36.4 Å². The van der Waals surface area contributed by atoms with Crippen molar-refractivity contribution in [2.45, 2.75) is 26.2 Å². The van der Waals surface area contributed by atoms with Gasteiger partial charge in [-0.1, -0.05) is 6.08 Å². The summed E-state index contributed by atoms with van der Waals surface area (Å²) in [4.78, 5) is 12.6. The van der Waals surface area contributed by atoms with Crippen molar-refractivity contribution in [2.75, 3.05) is 7.11 Å². The Morgan fingerprint density at radius 3 is 2.73 bits per heavy atom. The fourth-order valence-corrected chi connectivity index (χ4v) is 3.33. The molecule has 1 aliphatic carbocycles. The van der Waals surface area contributed by atoms with Crippen molar-refractivity contribution in [1.82, 2.24) is 4.57 Å². The molecule has 114 valence electrons. The molecule has 0 N–H and O–H groups in total. The lowest BCUT2D eigenvalue weighted by Gasteiger charge is -2.22. The number of carbonyl (C=O) groups excluding carboxylic acids is 1. The van der Waals surface area contributed by atoms with Crippen LogP contribution < -0.4 is 4.74 Å². The molecule has 1 aromatic heterocycles. The van der Waals surface area contributed by atoms with E-state index < -0.39 is 0 Å². The van der Waals surface area contributed by atoms with E-state index in [1.165, 1.54) is 0 Å². The molecule has 0 radical (unpaired) electrons. The molecule has 0 saturated carbocycles. The molecule has 0 spiro atoms. The number of aromatic nitrogens is 1. The lowest BCUT2D eigenvalue weighted by atomic mass is 9.84. The second-order valence-corrected chi connectivity index (χ2v) is 5.80. The highest BCUT2D eigenvalue weighted by atomic mass is 16.5. The van der Waals surface area contributed by atoms with Crippen LogP contribution in [-0.4, -0.2) is 17.5 Å². The van der Waals surface area contributed by atoms with Crippen LogP contribution in [0.25, 0.3) is 5.69 Å². The lowest BCUT2D eigenvalue weighted by molar-refractivity contribution is 0.0903. The normalized spacial score (nSPS) is 17.2. The van der Waals surface area contributed by atoms with E-state index in [-0.39, 0.29) is 11.7 Å². The summed E-state index contributed by atoms with van der Waals surface area (Å²) < 4.78 is 7.41. The van der Waals surface area contributed by atoms with E-state index in [4.69, 9.17) is 4.74 Å². The predicted molar refractivity (Wildman–Crippen MR) is 88.0 cm³/mol. The lowest BCUT2D eigenvalue weighted by Crippen LogP contribution is -2.22. The predicted octanol–water partition coefficient (Wildman–Crippen LogP) is 4.12. The van der Waals surface area contributed by atoms with Gasteiger partial charge < -0.3 is 9.30 Å². The van der Waals surface area contributed by atoms with Gasteiger partial charge in [0.1, 0.15) is 5.75 Å². The first-order valence-electron chi connectivity index (χ1n) is 7.66. The molecule has 1 atom stereocenters. The minimum absolute atomic E-state index is 0.0936. The van der Waals surface area contributed by atoms with Crippen molar-refractivity contribution in [1.29, 1.82) is 0 Å². The number of ether oxygens (including phenoxy) is 1. The van der Waals surface area contributed by atoms with Crippen LogP contribution in [0.4, 0.5) is 0 Å². The maximum atomic E-state index is 12.6. The van der Waals surface area contributed by atoms with E-state index in [0.717, 1.165) is 47.7 Å². The Morgan fingerprint density at radius 2 is 2.09 bits per heavy atom. The van der Waals surface area contributed by atoms with Crippen LogP contribution in [0.3, 0.4) is 0 Å². The fraction of sp³-hybridized carbons (Fsp3) is 0.316. The topological polar surface area (TPSA) is 31.2 Å². The molecular formula is C19H21NO2. The molecule has 22 heavy (non-hydrogen) atoms. The van der Waals surface area contributed by atoms with Gasteiger partial charge in [0.2, 0.25) is 0 Å². The smallest absolute Gasteiger partial charge is 0.168 e. The van der Waals surface area contributed by atoms with Crippen LogP contribution in [0, 0.1) is 12.8 Å². The Balaban J connectivity index is 2.02. The second kappa shape index (κ2) is 5.84. The minimum atomic E-state index is 0.0936. The molecule has 0 fully saturated rings. The van der Waals surface area contributed by atoms with Gasteiger partial charge in [-0.2, -0.15) is 0 Å². The van der Waals surface area contributed by atoms with Gasteiger partial charge >= 0.3 is 0 Å². The zero-order chi connectivity index (χ0) is 15.7. The van der Waals surface area contributed by atoms with Crippen molar-refractivity contribution in [2.24, 2.45) is 5.92 Å². The summed E-state index contributed by atoms with van der Waals surface area (Å²) in [5.74, 6) is 1.19. The SMILES string of the molecule is C=CCC1CCc2c(cc(C)n2-c2ccc(OC)cc2)C1=O. The first kappa shape index (κ1) is 14.6. The van der Waals surface area contributed by atoms with Gasteiger partial charge in [0.15, 0.2) is 5.78 Å². The van der Waals surface area contributed by atoms with Crippen LogP contribution in [-0.2, 0) is 6.42 Å². The maximum absolute atomic E-state index is 12.6. The van der Waals surface area contributed by atoms with Crippen molar-refractivity contribution in [3.05, 3.63) is 59.9 Å². The maximum Gasteiger partial charge on any atom is 0.168 e. The van der Waals surface area contributed by atoms with Gasteiger partial charge in [-0.3, -0.25) is 4.79 Å². The largest absolute Gasteiger partial charge is 0.497 e. The molecule has 2 aromatic rings. The summed E-state index contributed by atoms with van der Waals surface area (Å²) in [6, 6.07) is 9.99. The Bertz CT molecular complexity index is 710. The number of benzene rings is 1.